The summed E-state index contributed by atoms with van der Waals surface area (Å²) in [5.74, 6) is 3.19. The van der Waals surface area contributed by atoms with Gasteiger partial charge in [0, 0.05) is 26.1 Å². The number of aromatic nitrogens is 3. The van der Waals surface area contributed by atoms with Crippen LogP contribution in [0.5, 0.6) is 5.75 Å². The first-order valence-electron chi connectivity index (χ1n) is 10.3. The molecule has 0 unspecified atom stereocenters. The molecule has 0 amide bonds. The van der Waals surface area contributed by atoms with E-state index < -0.39 is 0 Å². The fourth-order valence-electron chi connectivity index (χ4n) is 2.85. The van der Waals surface area contributed by atoms with Gasteiger partial charge in [-0.3, -0.25) is 9.67 Å². The van der Waals surface area contributed by atoms with Crippen LogP contribution in [-0.2, 0) is 19.0 Å². The predicted molar refractivity (Wildman–Crippen MR) is 118 cm³/mol. The van der Waals surface area contributed by atoms with Gasteiger partial charge in [-0.25, -0.2) is 4.98 Å². The number of guanidine groups is 1. The summed E-state index contributed by atoms with van der Waals surface area (Å²) in [6.07, 6.45) is 1.57. The highest BCUT2D eigenvalue weighted by atomic mass is 16.5. The van der Waals surface area contributed by atoms with Crippen molar-refractivity contribution in [1.82, 2.24) is 25.0 Å². The van der Waals surface area contributed by atoms with Crippen molar-refractivity contribution in [3.8, 4) is 5.75 Å². The monoisotopic (exact) mass is 400 g/mol. The number of aryl methyl sites for hydroxylation is 1. The zero-order chi connectivity index (χ0) is 21.4. The molecular formula is C22H36N6O. The predicted octanol–water partition coefficient (Wildman–Crippen LogP) is 3.23. The molecule has 7 heteroatoms. The van der Waals surface area contributed by atoms with Crippen molar-refractivity contribution >= 4 is 5.96 Å². The van der Waals surface area contributed by atoms with Crippen LogP contribution in [0.1, 0.15) is 46.0 Å². The highest BCUT2D eigenvalue weighted by Gasteiger charge is 2.21. The molecule has 160 valence electrons. The van der Waals surface area contributed by atoms with Gasteiger partial charge in [0.25, 0.3) is 0 Å². The lowest BCUT2D eigenvalue weighted by Gasteiger charge is -2.26. The number of hydrogen-bond acceptors (Lipinski definition) is 4. The Morgan fingerprint density at radius 1 is 1.28 bits per heavy atom. The van der Waals surface area contributed by atoms with E-state index in [0.29, 0.717) is 19.0 Å². The number of rotatable bonds is 9. The van der Waals surface area contributed by atoms with Gasteiger partial charge in [-0.05, 0) is 30.5 Å². The Morgan fingerprint density at radius 3 is 2.52 bits per heavy atom. The second kappa shape index (κ2) is 10.3. The molecule has 0 bridgehead atoms. The van der Waals surface area contributed by atoms with E-state index in [2.05, 4.69) is 79.2 Å². The maximum Gasteiger partial charge on any atom is 0.194 e. The van der Waals surface area contributed by atoms with Gasteiger partial charge in [0.05, 0.1) is 19.7 Å². The largest absolute Gasteiger partial charge is 0.493 e. The van der Waals surface area contributed by atoms with Crippen LogP contribution in [0, 0.1) is 5.92 Å². The number of benzene rings is 1. The fourth-order valence-corrected chi connectivity index (χ4v) is 2.85. The first-order chi connectivity index (χ1) is 13.7. The van der Waals surface area contributed by atoms with Gasteiger partial charge in [0.15, 0.2) is 5.96 Å². The molecule has 2 aromatic rings. The third kappa shape index (κ3) is 6.76. The Hall–Kier alpha value is -2.57. The van der Waals surface area contributed by atoms with E-state index in [1.165, 1.54) is 5.56 Å². The van der Waals surface area contributed by atoms with Crippen LogP contribution in [-0.4, -0.2) is 52.4 Å². The van der Waals surface area contributed by atoms with Crippen LogP contribution >= 0.6 is 0 Å². The molecule has 29 heavy (non-hydrogen) atoms. The summed E-state index contributed by atoms with van der Waals surface area (Å²) in [6, 6.07) is 8.38. The number of nitrogens with one attached hydrogen (secondary N) is 1. The molecule has 0 radical (unpaired) electrons. The summed E-state index contributed by atoms with van der Waals surface area (Å²) in [6.45, 7) is 13.7. The summed E-state index contributed by atoms with van der Waals surface area (Å²) < 4.78 is 7.58. The molecular weight excluding hydrogens is 364 g/mol. The van der Waals surface area contributed by atoms with Gasteiger partial charge in [-0.1, -0.05) is 39.8 Å². The van der Waals surface area contributed by atoms with Crippen LogP contribution in [0.15, 0.2) is 35.6 Å². The smallest absolute Gasteiger partial charge is 0.194 e. The molecule has 0 saturated heterocycles. The second-order valence-electron chi connectivity index (χ2n) is 8.44. The lowest BCUT2D eigenvalue weighted by Crippen LogP contribution is -2.40. The molecule has 1 heterocycles. The molecule has 1 aromatic carbocycles. The SMILES string of the molecule is CCNC(=NCC(C)(C)c1ccc(OCC(C)C)cc1)N(C)Cc1ncnn1C. The fraction of sp³-hybridized carbons (Fsp3) is 0.591. The Kier molecular flexibility index (Phi) is 8.05. The minimum absolute atomic E-state index is 0.0944. The van der Waals surface area contributed by atoms with Crippen LogP contribution in [0.25, 0.3) is 0 Å². The molecule has 0 aliphatic heterocycles. The van der Waals surface area contributed by atoms with Crippen molar-refractivity contribution in [2.75, 3.05) is 26.7 Å². The maximum atomic E-state index is 5.80. The summed E-state index contributed by atoms with van der Waals surface area (Å²) >= 11 is 0. The van der Waals surface area contributed by atoms with E-state index in [9.17, 15) is 0 Å². The lowest BCUT2D eigenvalue weighted by atomic mass is 9.85. The van der Waals surface area contributed by atoms with Gasteiger partial charge < -0.3 is 15.0 Å². The number of ether oxygens (including phenoxy) is 1. The summed E-state index contributed by atoms with van der Waals surface area (Å²) in [7, 11) is 3.92. The first-order valence-corrected chi connectivity index (χ1v) is 10.3. The van der Waals surface area contributed by atoms with E-state index >= 15 is 0 Å². The highest BCUT2D eigenvalue weighted by Crippen LogP contribution is 2.26. The quantitative estimate of drug-likeness (QED) is 0.517. The second-order valence-corrected chi connectivity index (χ2v) is 8.44. The molecule has 0 aliphatic rings. The van der Waals surface area contributed by atoms with E-state index in [4.69, 9.17) is 9.73 Å². The highest BCUT2D eigenvalue weighted by molar-refractivity contribution is 5.79. The minimum atomic E-state index is -0.0944. The van der Waals surface area contributed by atoms with Crippen molar-refractivity contribution in [2.45, 2.75) is 46.6 Å². The third-order valence-electron chi connectivity index (χ3n) is 4.72. The molecule has 0 saturated carbocycles. The third-order valence-corrected chi connectivity index (χ3v) is 4.72. The van der Waals surface area contributed by atoms with Gasteiger partial charge in [0.1, 0.15) is 17.9 Å². The summed E-state index contributed by atoms with van der Waals surface area (Å²) in [5, 5.41) is 7.51. The van der Waals surface area contributed by atoms with Gasteiger partial charge in [-0.2, -0.15) is 5.10 Å². The Morgan fingerprint density at radius 2 is 1.97 bits per heavy atom. The maximum absolute atomic E-state index is 5.80. The van der Waals surface area contributed by atoms with Gasteiger partial charge >= 0.3 is 0 Å². The molecule has 1 aromatic heterocycles. The summed E-state index contributed by atoms with van der Waals surface area (Å²) in [5.41, 5.74) is 1.15. The van der Waals surface area contributed by atoms with Gasteiger partial charge in [0.2, 0.25) is 0 Å². The van der Waals surface area contributed by atoms with E-state index in [0.717, 1.165) is 30.7 Å². The van der Waals surface area contributed by atoms with Crippen molar-refractivity contribution in [1.29, 1.82) is 0 Å². The average molecular weight is 401 g/mol. The van der Waals surface area contributed by atoms with Crippen molar-refractivity contribution < 1.29 is 4.74 Å². The van der Waals surface area contributed by atoms with Crippen molar-refractivity contribution in [3.05, 3.63) is 42.0 Å². The van der Waals surface area contributed by atoms with Crippen LogP contribution in [0.4, 0.5) is 0 Å². The van der Waals surface area contributed by atoms with Crippen LogP contribution in [0.2, 0.25) is 0 Å². The molecule has 0 spiro atoms. The Bertz CT molecular complexity index is 779. The number of aliphatic imine (C=N–C) groups is 1. The Balaban J connectivity index is 2.06. The van der Waals surface area contributed by atoms with Gasteiger partial charge in [-0.15, -0.1) is 0 Å². The lowest BCUT2D eigenvalue weighted by molar-refractivity contribution is 0.271. The van der Waals surface area contributed by atoms with Crippen LogP contribution < -0.4 is 10.1 Å². The first kappa shape index (κ1) is 22.7. The van der Waals surface area contributed by atoms with Crippen molar-refractivity contribution in [2.24, 2.45) is 18.0 Å². The van der Waals surface area contributed by atoms with E-state index in [1.807, 2.05) is 14.1 Å². The van der Waals surface area contributed by atoms with Crippen molar-refractivity contribution in [3.63, 3.8) is 0 Å². The molecule has 0 fully saturated rings. The zero-order valence-corrected chi connectivity index (χ0v) is 18.9. The molecule has 2 rings (SSSR count). The average Bonchev–Trinajstić information content (AvgIpc) is 3.08. The zero-order valence-electron chi connectivity index (χ0n) is 18.9. The molecule has 0 aliphatic carbocycles. The summed E-state index contributed by atoms with van der Waals surface area (Å²) in [4.78, 5) is 11.3. The normalized spacial score (nSPS) is 12.3. The molecule has 1 N–H and O–H groups in total. The standard InChI is InChI=1S/C22H36N6O/c1-8-23-21(27(6)13-20-25-16-26-28(20)7)24-15-22(4,5)18-9-11-19(12-10-18)29-14-17(2)3/h9-12,16-17H,8,13-15H2,1-7H3,(H,23,24). The number of nitrogens with zero attached hydrogens (tertiary/aromatic N) is 5. The van der Waals surface area contributed by atoms with E-state index in [1.54, 1.807) is 11.0 Å². The van der Waals surface area contributed by atoms with E-state index in [-0.39, 0.29) is 5.41 Å². The topological polar surface area (TPSA) is 67.6 Å². The molecule has 7 nitrogen and oxygen atoms in total. The Labute approximate surface area is 175 Å². The number of hydrogen-bond donors (Lipinski definition) is 1. The minimum Gasteiger partial charge on any atom is -0.493 e. The molecule has 0 atom stereocenters. The van der Waals surface area contributed by atoms with Crippen LogP contribution in [0.3, 0.4) is 0 Å².